The highest BCUT2D eigenvalue weighted by molar-refractivity contribution is 8.15. The second kappa shape index (κ2) is 6.55. The third kappa shape index (κ3) is 2.65. The van der Waals surface area contributed by atoms with Gasteiger partial charge in [0.2, 0.25) is 11.7 Å². The summed E-state index contributed by atoms with van der Waals surface area (Å²) in [6.45, 7) is 4.10. The molecule has 146 valence electrons. The number of carbonyl (C=O) groups is 2. The molecule has 0 spiro atoms. The number of nitrogens with one attached hydrogen (secondary N) is 1. The number of fused-ring (bicyclic) bond motifs is 5. The zero-order chi connectivity index (χ0) is 20.1. The van der Waals surface area contributed by atoms with Crippen molar-refractivity contribution in [3.05, 3.63) is 42.0 Å². The van der Waals surface area contributed by atoms with Gasteiger partial charge in [-0.1, -0.05) is 23.9 Å². The molecule has 5 rings (SSSR count). The molecule has 1 N–H and O–H groups in total. The van der Waals surface area contributed by atoms with Crippen LogP contribution >= 0.6 is 11.8 Å². The second-order valence-corrected chi connectivity index (χ2v) is 7.42. The number of carbonyl (C=O) groups excluding carboxylic acids is 2. The van der Waals surface area contributed by atoms with Crippen LogP contribution in [0.5, 0.6) is 0 Å². The highest BCUT2D eigenvalue weighted by Crippen LogP contribution is 2.21. The van der Waals surface area contributed by atoms with E-state index in [4.69, 9.17) is 0 Å². The van der Waals surface area contributed by atoms with E-state index in [2.05, 4.69) is 25.6 Å². The number of aryl methyl sites for hydroxylation is 1. The molecule has 0 radical (unpaired) electrons. The predicted octanol–water partition coefficient (Wildman–Crippen LogP) is 1.43. The minimum absolute atomic E-state index is 0.0202. The second-order valence-electron chi connectivity index (χ2n) is 6.47. The first kappa shape index (κ1) is 17.6. The molecule has 1 fully saturated rings. The van der Waals surface area contributed by atoms with Crippen molar-refractivity contribution in [2.45, 2.75) is 13.8 Å². The van der Waals surface area contributed by atoms with E-state index in [-0.39, 0.29) is 11.6 Å². The Morgan fingerprint density at radius 1 is 1.34 bits per heavy atom. The summed E-state index contributed by atoms with van der Waals surface area (Å²) in [6, 6.07) is 7.65. The van der Waals surface area contributed by atoms with Gasteiger partial charge < -0.3 is 0 Å². The summed E-state index contributed by atoms with van der Waals surface area (Å²) in [6.07, 6.45) is 1.65. The maximum Gasteiger partial charge on any atom is 0.292 e. The summed E-state index contributed by atoms with van der Waals surface area (Å²) in [7, 11) is 0. The molecule has 11 heteroatoms. The lowest BCUT2D eigenvalue weighted by Crippen LogP contribution is -2.31. The lowest BCUT2D eigenvalue weighted by atomic mass is 10.2. The monoisotopic (exact) mass is 408 g/mol. The highest BCUT2D eigenvalue weighted by Gasteiger charge is 2.27. The van der Waals surface area contributed by atoms with Crippen molar-refractivity contribution in [3.8, 4) is 0 Å². The SMILES string of the molecule is CCN1C(=O)CS/C1=N/NC(=O)c1c(C)nc2n1nc1c3ccccc3ncn12. The van der Waals surface area contributed by atoms with Crippen LogP contribution in [0.25, 0.3) is 22.3 Å². The van der Waals surface area contributed by atoms with Gasteiger partial charge in [-0.15, -0.1) is 10.2 Å². The van der Waals surface area contributed by atoms with E-state index in [1.807, 2.05) is 31.2 Å². The van der Waals surface area contributed by atoms with Gasteiger partial charge in [0, 0.05) is 11.9 Å². The van der Waals surface area contributed by atoms with Crippen LogP contribution in [0.4, 0.5) is 0 Å². The molecule has 0 atom stereocenters. The Bertz CT molecular complexity index is 1340. The molecule has 0 aliphatic carbocycles. The van der Waals surface area contributed by atoms with Crippen LogP contribution in [-0.4, -0.2) is 58.2 Å². The van der Waals surface area contributed by atoms with Crippen LogP contribution in [0.2, 0.25) is 0 Å². The van der Waals surface area contributed by atoms with E-state index >= 15 is 0 Å². The molecule has 4 aromatic rings. The Balaban J connectivity index is 1.57. The lowest BCUT2D eigenvalue weighted by molar-refractivity contribution is -0.123. The minimum atomic E-state index is -0.445. The summed E-state index contributed by atoms with van der Waals surface area (Å²) < 4.78 is 3.25. The quantitative estimate of drug-likeness (QED) is 0.514. The standard InChI is InChI=1S/C18H16N8O2S/c1-3-24-13(27)8-29-18(24)22-21-16(28)14-10(2)20-17-25-9-19-12-7-5-4-6-11(12)15(25)23-26(14)17/h4-7,9H,3,8H2,1-2H3,(H,21,28)/b22-18+. The van der Waals surface area contributed by atoms with Crippen molar-refractivity contribution < 1.29 is 9.59 Å². The van der Waals surface area contributed by atoms with Gasteiger partial charge in [0.15, 0.2) is 16.5 Å². The average molecular weight is 408 g/mol. The maximum absolute atomic E-state index is 12.9. The normalized spacial score (nSPS) is 16.0. The fourth-order valence-corrected chi connectivity index (χ4v) is 4.29. The Kier molecular flexibility index (Phi) is 3.98. The number of aromatic nitrogens is 5. The fraction of sp³-hybridized carbons (Fsp3) is 0.222. The molecule has 10 nitrogen and oxygen atoms in total. The van der Waals surface area contributed by atoms with E-state index in [0.29, 0.717) is 34.6 Å². The van der Waals surface area contributed by atoms with Crippen LogP contribution in [0.1, 0.15) is 23.1 Å². The number of benzene rings is 1. The Morgan fingerprint density at radius 3 is 3.00 bits per heavy atom. The van der Waals surface area contributed by atoms with Crippen LogP contribution < -0.4 is 5.43 Å². The molecule has 3 aromatic heterocycles. The van der Waals surface area contributed by atoms with E-state index in [0.717, 1.165) is 10.9 Å². The molecule has 0 bridgehead atoms. The molecule has 29 heavy (non-hydrogen) atoms. The molecule has 1 aromatic carbocycles. The van der Waals surface area contributed by atoms with Gasteiger partial charge in [0.05, 0.1) is 17.0 Å². The molecule has 2 amide bonds. The zero-order valence-electron chi connectivity index (χ0n) is 15.7. The summed E-state index contributed by atoms with van der Waals surface area (Å²) in [4.78, 5) is 35.1. The molecular weight excluding hydrogens is 392 g/mol. The third-order valence-electron chi connectivity index (χ3n) is 4.75. The van der Waals surface area contributed by atoms with Crippen molar-refractivity contribution >= 4 is 51.1 Å². The zero-order valence-corrected chi connectivity index (χ0v) is 16.5. The Hall–Kier alpha value is -3.47. The molecule has 0 saturated carbocycles. The first-order valence-electron chi connectivity index (χ1n) is 9.00. The number of hydrogen-bond donors (Lipinski definition) is 1. The number of para-hydroxylation sites is 1. The predicted molar refractivity (Wildman–Crippen MR) is 109 cm³/mol. The fourth-order valence-electron chi connectivity index (χ4n) is 3.38. The molecular formula is C18H16N8O2S. The molecule has 0 unspecified atom stereocenters. The largest absolute Gasteiger partial charge is 0.292 e. The van der Waals surface area contributed by atoms with Crippen molar-refractivity contribution in [1.82, 2.24) is 34.3 Å². The van der Waals surface area contributed by atoms with Gasteiger partial charge >= 0.3 is 0 Å². The van der Waals surface area contributed by atoms with Crippen molar-refractivity contribution in [3.63, 3.8) is 0 Å². The number of hydrogen-bond acceptors (Lipinski definition) is 7. The van der Waals surface area contributed by atoms with Crippen LogP contribution in [0, 0.1) is 6.92 Å². The van der Waals surface area contributed by atoms with E-state index < -0.39 is 5.91 Å². The van der Waals surface area contributed by atoms with E-state index in [9.17, 15) is 9.59 Å². The number of amides is 2. The highest BCUT2D eigenvalue weighted by atomic mass is 32.2. The van der Waals surface area contributed by atoms with Crippen molar-refractivity contribution in [2.24, 2.45) is 5.10 Å². The summed E-state index contributed by atoms with van der Waals surface area (Å²) >= 11 is 1.30. The summed E-state index contributed by atoms with van der Waals surface area (Å²) in [5.41, 5.74) is 4.81. The summed E-state index contributed by atoms with van der Waals surface area (Å²) in [5, 5.41) is 10.1. The Labute approximate surface area is 168 Å². The van der Waals surface area contributed by atoms with Gasteiger partial charge in [-0.3, -0.25) is 18.9 Å². The van der Waals surface area contributed by atoms with Crippen LogP contribution in [0.15, 0.2) is 35.7 Å². The minimum Gasteiger partial charge on any atom is -0.289 e. The average Bonchev–Trinajstić information content (AvgIpc) is 3.36. The number of nitrogens with zero attached hydrogens (tertiary/aromatic N) is 7. The topological polar surface area (TPSA) is 109 Å². The molecule has 1 aliphatic heterocycles. The van der Waals surface area contributed by atoms with Gasteiger partial charge in [0.1, 0.15) is 6.33 Å². The first-order chi connectivity index (χ1) is 14.1. The van der Waals surface area contributed by atoms with Crippen LogP contribution in [-0.2, 0) is 4.79 Å². The van der Waals surface area contributed by atoms with E-state index in [1.165, 1.54) is 21.2 Å². The van der Waals surface area contributed by atoms with Gasteiger partial charge in [-0.05, 0) is 26.0 Å². The third-order valence-corrected chi connectivity index (χ3v) is 5.71. The van der Waals surface area contributed by atoms with Crippen LogP contribution in [0.3, 0.4) is 0 Å². The van der Waals surface area contributed by atoms with Crippen molar-refractivity contribution in [1.29, 1.82) is 0 Å². The van der Waals surface area contributed by atoms with Gasteiger partial charge in [-0.25, -0.2) is 15.4 Å². The van der Waals surface area contributed by atoms with Gasteiger partial charge in [-0.2, -0.15) is 4.52 Å². The number of imidazole rings is 1. The van der Waals surface area contributed by atoms with Gasteiger partial charge in [0.25, 0.3) is 5.91 Å². The first-order valence-corrected chi connectivity index (χ1v) is 9.99. The number of hydrazone groups is 1. The molecule has 1 aliphatic rings. The number of amidine groups is 1. The maximum atomic E-state index is 12.9. The van der Waals surface area contributed by atoms with Crippen molar-refractivity contribution in [2.75, 3.05) is 12.3 Å². The number of thioether (sulfide) groups is 1. The van der Waals surface area contributed by atoms with E-state index in [1.54, 1.807) is 17.7 Å². The smallest absolute Gasteiger partial charge is 0.289 e. The number of rotatable bonds is 3. The lowest BCUT2D eigenvalue weighted by Gasteiger charge is -2.12. The molecule has 4 heterocycles. The molecule has 1 saturated heterocycles. The Morgan fingerprint density at radius 2 is 2.17 bits per heavy atom. The summed E-state index contributed by atoms with van der Waals surface area (Å²) in [5.74, 6) is 0.354.